The monoisotopic (exact) mass is 741 g/mol. The number of allylic oxidation sites excluding steroid dienone is 5. The summed E-state index contributed by atoms with van der Waals surface area (Å²) in [6, 6.07) is -0.866. The highest BCUT2D eigenvalue weighted by Gasteiger charge is 2.26. The van der Waals surface area contributed by atoms with Crippen molar-refractivity contribution < 1.29 is 28.4 Å². The average molecular weight is 741 g/mol. The van der Waals surface area contributed by atoms with E-state index in [4.69, 9.17) is 14.8 Å². The van der Waals surface area contributed by atoms with E-state index in [0.29, 0.717) is 6.42 Å². The molecule has 0 heterocycles. The minimum atomic E-state index is -4.34. The van der Waals surface area contributed by atoms with Gasteiger partial charge in [-0.25, -0.2) is 4.57 Å². The van der Waals surface area contributed by atoms with Crippen LogP contribution in [0.25, 0.3) is 0 Å². The van der Waals surface area contributed by atoms with Gasteiger partial charge < -0.3 is 21.1 Å². The molecule has 0 aromatic carbocycles. The van der Waals surface area contributed by atoms with E-state index in [2.05, 4.69) is 43.5 Å². The number of hydrogen-bond donors (Lipinski definition) is 4. The second kappa shape index (κ2) is 38.4. The van der Waals surface area contributed by atoms with E-state index in [0.717, 1.165) is 64.2 Å². The number of amides is 1. The third kappa shape index (κ3) is 36.9. The SMILES string of the molecule is CCCCC/C=C\C/C=C\CCCCCCCC(=O)NC(COP(=O)(O)OCCN)C(O)/C=C/CCCCCCCCCCCCCCCCC. The molecule has 5 N–H and O–H groups in total. The molecule has 0 aromatic heterocycles. The Kier molecular flexibility index (Phi) is 37.5. The van der Waals surface area contributed by atoms with Gasteiger partial charge in [-0.1, -0.05) is 172 Å². The van der Waals surface area contributed by atoms with E-state index >= 15 is 0 Å². The van der Waals surface area contributed by atoms with E-state index in [1.165, 1.54) is 109 Å². The summed E-state index contributed by atoms with van der Waals surface area (Å²) in [6.07, 6.45) is 44.7. The third-order valence-electron chi connectivity index (χ3n) is 9.21. The highest BCUT2D eigenvalue weighted by Crippen LogP contribution is 2.43. The number of unbranched alkanes of at least 4 members (excludes halogenated alkanes) is 23. The summed E-state index contributed by atoms with van der Waals surface area (Å²) in [5, 5.41) is 13.6. The Bertz CT molecular complexity index is 897. The maximum absolute atomic E-state index is 12.7. The van der Waals surface area contributed by atoms with Crippen LogP contribution in [0.1, 0.15) is 194 Å². The molecule has 0 spiro atoms. The molecule has 8 nitrogen and oxygen atoms in total. The molecule has 1 amide bonds. The van der Waals surface area contributed by atoms with E-state index in [1.807, 2.05) is 6.08 Å². The van der Waals surface area contributed by atoms with Crippen LogP contribution in [0.2, 0.25) is 0 Å². The topological polar surface area (TPSA) is 131 Å². The fraction of sp³-hybridized carbons (Fsp3) is 0.833. The molecule has 0 aliphatic rings. The van der Waals surface area contributed by atoms with Crippen LogP contribution in [0.15, 0.2) is 36.5 Å². The Morgan fingerprint density at radius 3 is 1.59 bits per heavy atom. The fourth-order valence-electron chi connectivity index (χ4n) is 5.98. The molecule has 0 aliphatic carbocycles. The molecular formula is C42H81N2O6P. The number of nitrogens with one attached hydrogen (secondary N) is 1. The predicted molar refractivity (Wildman–Crippen MR) is 217 cm³/mol. The van der Waals surface area contributed by atoms with Crippen LogP contribution in [0.5, 0.6) is 0 Å². The van der Waals surface area contributed by atoms with Crippen LogP contribution in [0.4, 0.5) is 0 Å². The van der Waals surface area contributed by atoms with Crippen LogP contribution in [-0.2, 0) is 18.4 Å². The standard InChI is InChI=1S/C42H81N2O6P/c1-3-5-7-9-11-13-15-17-19-20-22-23-25-27-29-31-33-35-41(45)40(39-50-51(47,48)49-38-37-43)44-42(46)36-34-32-30-28-26-24-21-18-16-14-12-10-8-6-4-2/h12,14,18,21,33,35,40-41,45H,3-11,13,15-17,19-20,22-32,34,36-39,43H2,1-2H3,(H,44,46)(H,47,48)/b14-12-,21-18-,35-33+. The van der Waals surface area contributed by atoms with E-state index in [9.17, 15) is 19.4 Å². The number of carbonyl (C=O) groups is 1. The smallest absolute Gasteiger partial charge is 0.387 e. The van der Waals surface area contributed by atoms with E-state index in [-0.39, 0.29) is 25.7 Å². The Balaban J connectivity index is 4.27. The number of hydrogen-bond acceptors (Lipinski definition) is 6. The first-order valence-electron chi connectivity index (χ1n) is 21.1. The summed E-state index contributed by atoms with van der Waals surface area (Å²) in [4.78, 5) is 22.7. The summed E-state index contributed by atoms with van der Waals surface area (Å²) in [5.74, 6) is -0.209. The third-order valence-corrected chi connectivity index (χ3v) is 10.2. The Hall–Kier alpha value is -1.28. The first kappa shape index (κ1) is 49.7. The van der Waals surface area contributed by atoms with Crippen molar-refractivity contribution in [1.29, 1.82) is 0 Å². The number of aliphatic hydroxyl groups excluding tert-OH is 1. The molecule has 3 atom stereocenters. The quantitative estimate of drug-likeness (QED) is 0.0280. The Morgan fingerprint density at radius 2 is 1.08 bits per heavy atom. The van der Waals surface area contributed by atoms with Crippen LogP contribution >= 0.6 is 7.82 Å². The van der Waals surface area contributed by atoms with Crippen molar-refractivity contribution in [2.75, 3.05) is 19.8 Å². The largest absolute Gasteiger partial charge is 0.472 e. The van der Waals surface area contributed by atoms with Gasteiger partial charge in [0, 0.05) is 13.0 Å². The van der Waals surface area contributed by atoms with Gasteiger partial charge in [-0.3, -0.25) is 13.8 Å². The number of nitrogens with two attached hydrogens (primary N) is 1. The number of rotatable bonds is 39. The zero-order valence-corrected chi connectivity index (χ0v) is 34.0. The van der Waals surface area contributed by atoms with Crippen molar-refractivity contribution in [1.82, 2.24) is 5.32 Å². The first-order chi connectivity index (χ1) is 24.9. The molecule has 0 saturated carbocycles. The Labute approximate surface area is 314 Å². The van der Waals surface area contributed by atoms with Crippen molar-refractivity contribution in [3.63, 3.8) is 0 Å². The maximum Gasteiger partial charge on any atom is 0.472 e. The van der Waals surface area contributed by atoms with Gasteiger partial charge in [0.25, 0.3) is 0 Å². The molecule has 51 heavy (non-hydrogen) atoms. The van der Waals surface area contributed by atoms with Gasteiger partial charge in [-0.2, -0.15) is 0 Å². The summed E-state index contributed by atoms with van der Waals surface area (Å²) >= 11 is 0. The average Bonchev–Trinajstić information content (AvgIpc) is 3.12. The first-order valence-corrected chi connectivity index (χ1v) is 22.6. The lowest BCUT2D eigenvalue weighted by Gasteiger charge is -2.23. The van der Waals surface area contributed by atoms with Gasteiger partial charge >= 0.3 is 7.82 Å². The molecule has 0 bridgehead atoms. The molecule has 0 aliphatic heterocycles. The van der Waals surface area contributed by atoms with E-state index in [1.54, 1.807) is 6.08 Å². The molecule has 300 valence electrons. The lowest BCUT2D eigenvalue weighted by atomic mass is 10.0. The summed E-state index contributed by atoms with van der Waals surface area (Å²) in [7, 11) is -4.34. The van der Waals surface area contributed by atoms with Crippen molar-refractivity contribution in [2.45, 2.75) is 206 Å². The molecule has 0 fully saturated rings. The summed E-state index contributed by atoms with van der Waals surface area (Å²) < 4.78 is 22.1. The minimum absolute atomic E-state index is 0.0757. The highest BCUT2D eigenvalue weighted by atomic mass is 31.2. The zero-order chi connectivity index (χ0) is 37.5. The van der Waals surface area contributed by atoms with Gasteiger partial charge in [0.05, 0.1) is 25.4 Å². The second-order valence-corrected chi connectivity index (χ2v) is 15.7. The van der Waals surface area contributed by atoms with Crippen LogP contribution in [0.3, 0.4) is 0 Å². The van der Waals surface area contributed by atoms with Gasteiger partial charge in [-0.05, 0) is 51.4 Å². The summed E-state index contributed by atoms with van der Waals surface area (Å²) in [5.41, 5.74) is 5.37. The number of carbonyl (C=O) groups excluding carboxylic acids is 1. The van der Waals surface area contributed by atoms with Crippen molar-refractivity contribution in [3.05, 3.63) is 36.5 Å². The number of phosphoric ester groups is 1. The van der Waals surface area contributed by atoms with Gasteiger partial charge in [-0.15, -0.1) is 0 Å². The minimum Gasteiger partial charge on any atom is -0.387 e. The van der Waals surface area contributed by atoms with Gasteiger partial charge in [0.15, 0.2) is 0 Å². The Morgan fingerprint density at radius 1 is 0.647 bits per heavy atom. The van der Waals surface area contributed by atoms with Crippen molar-refractivity contribution in [3.8, 4) is 0 Å². The lowest BCUT2D eigenvalue weighted by molar-refractivity contribution is -0.123. The normalized spacial score (nSPS) is 14.5. The zero-order valence-electron chi connectivity index (χ0n) is 33.1. The molecule has 3 unspecified atom stereocenters. The van der Waals surface area contributed by atoms with Crippen molar-refractivity contribution >= 4 is 13.7 Å². The highest BCUT2D eigenvalue weighted by molar-refractivity contribution is 7.47. The molecule has 0 saturated heterocycles. The number of phosphoric acid groups is 1. The molecular weight excluding hydrogens is 659 g/mol. The van der Waals surface area contributed by atoms with Crippen LogP contribution in [0, 0.1) is 0 Å². The molecule has 0 aromatic rings. The van der Waals surface area contributed by atoms with Gasteiger partial charge in [0.1, 0.15) is 0 Å². The summed E-state index contributed by atoms with van der Waals surface area (Å²) in [6.45, 7) is 4.10. The van der Waals surface area contributed by atoms with Crippen molar-refractivity contribution in [2.24, 2.45) is 5.73 Å². The lowest BCUT2D eigenvalue weighted by Crippen LogP contribution is -2.45. The van der Waals surface area contributed by atoms with Gasteiger partial charge in [0.2, 0.25) is 5.91 Å². The molecule has 9 heteroatoms. The predicted octanol–water partition coefficient (Wildman–Crippen LogP) is 11.6. The second-order valence-electron chi connectivity index (χ2n) is 14.2. The molecule has 0 rings (SSSR count). The van der Waals surface area contributed by atoms with E-state index < -0.39 is 20.0 Å². The number of aliphatic hydroxyl groups is 1. The maximum atomic E-state index is 12.7. The fourth-order valence-corrected chi connectivity index (χ4v) is 6.74. The van der Waals surface area contributed by atoms with Crippen LogP contribution < -0.4 is 11.1 Å². The van der Waals surface area contributed by atoms with Crippen LogP contribution in [-0.4, -0.2) is 47.8 Å². The molecule has 0 radical (unpaired) electrons.